The average Bonchev–Trinajstić information content (AvgIpc) is 3.20. The second kappa shape index (κ2) is 8.70. The normalized spacial score (nSPS) is 16.0. The van der Waals surface area contributed by atoms with Crippen molar-refractivity contribution in [1.29, 1.82) is 0 Å². The zero-order valence-electron chi connectivity index (χ0n) is 15.6. The van der Waals surface area contributed by atoms with E-state index in [9.17, 15) is 17.6 Å². The third-order valence-corrected chi connectivity index (χ3v) is 6.28. The summed E-state index contributed by atoms with van der Waals surface area (Å²) in [6.45, 7) is 2.97. The number of carbonyl (C=O) groups excluding carboxylic acids is 1. The second-order valence-electron chi connectivity index (χ2n) is 6.88. The molecule has 6 nitrogen and oxygen atoms in total. The van der Waals surface area contributed by atoms with Gasteiger partial charge in [0.2, 0.25) is 15.9 Å². The quantitative estimate of drug-likeness (QED) is 0.748. The SMILES string of the molecule is Cc1cc(S(=O)(=O)NCC2CCN(C(=O)/C=C/c3ccco3)CC2)ccc1F. The van der Waals surface area contributed by atoms with Crippen LogP contribution in [0, 0.1) is 18.7 Å². The van der Waals surface area contributed by atoms with Crippen LogP contribution < -0.4 is 4.72 Å². The molecule has 3 rings (SSSR count). The van der Waals surface area contributed by atoms with E-state index in [0.29, 0.717) is 38.2 Å². The van der Waals surface area contributed by atoms with Gasteiger partial charge in [-0.25, -0.2) is 17.5 Å². The van der Waals surface area contributed by atoms with Crippen molar-refractivity contribution in [3.63, 3.8) is 0 Å². The molecular formula is C20H23FN2O4S. The predicted molar refractivity (Wildman–Crippen MR) is 103 cm³/mol. The Morgan fingerprint density at radius 1 is 1.32 bits per heavy atom. The Morgan fingerprint density at radius 3 is 2.71 bits per heavy atom. The van der Waals surface area contributed by atoms with Gasteiger partial charge in [-0.1, -0.05) is 0 Å². The van der Waals surface area contributed by atoms with E-state index < -0.39 is 15.8 Å². The minimum Gasteiger partial charge on any atom is -0.465 e. The summed E-state index contributed by atoms with van der Waals surface area (Å²) in [4.78, 5) is 14.0. The van der Waals surface area contributed by atoms with E-state index in [1.54, 1.807) is 29.4 Å². The fourth-order valence-corrected chi connectivity index (χ4v) is 4.30. The molecule has 1 amide bonds. The van der Waals surface area contributed by atoms with Gasteiger partial charge in [0.1, 0.15) is 11.6 Å². The van der Waals surface area contributed by atoms with Crippen LogP contribution in [0.2, 0.25) is 0 Å². The van der Waals surface area contributed by atoms with Gasteiger partial charge in [-0.2, -0.15) is 0 Å². The Balaban J connectivity index is 1.48. The molecule has 0 atom stereocenters. The lowest BCUT2D eigenvalue weighted by atomic mass is 9.97. The molecule has 150 valence electrons. The standard InChI is InChI=1S/C20H23FN2O4S/c1-15-13-18(5-6-19(15)21)28(25,26)22-14-16-8-10-23(11-9-16)20(24)7-4-17-3-2-12-27-17/h2-7,12-13,16,22H,8-11,14H2,1H3/b7-4+. The van der Waals surface area contributed by atoms with E-state index >= 15 is 0 Å². The number of halogens is 1. The van der Waals surface area contributed by atoms with Crippen molar-refractivity contribution in [2.45, 2.75) is 24.7 Å². The highest BCUT2D eigenvalue weighted by Crippen LogP contribution is 2.19. The molecule has 1 aromatic carbocycles. The fraction of sp³-hybridized carbons (Fsp3) is 0.350. The molecule has 0 radical (unpaired) electrons. The monoisotopic (exact) mass is 406 g/mol. The van der Waals surface area contributed by atoms with Gasteiger partial charge in [-0.15, -0.1) is 0 Å². The maximum atomic E-state index is 13.3. The average molecular weight is 406 g/mol. The number of furan rings is 1. The van der Waals surface area contributed by atoms with E-state index in [2.05, 4.69) is 4.72 Å². The van der Waals surface area contributed by atoms with E-state index in [4.69, 9.17) is 4.42 Å². The molecule has 1 aromatic heterocycles. The fourth-order valence-electron chi connectivity index (χ4n) is 3.10. The van der Waals surface area contributed by atoms with Crippen LogP contribution in [0.25, 0.3) is 6.08 Å². The van der Waals surface area contributed by atoms with E-state index in [1.165, 1.54) is 25.1 Å². The molecule has 1 aliphatic heterocycles. The summed E-state index contributed by atoms with van der Waals surface area (Å²) in [5.74, 6) is 0.248. The topological polar surface area (TPSA) is 79.6 Å². The van der Waals surface area contributed by atoms with Crippen LogP contribution in [0.4, 0.5) is 4.39 Å². The van der Waals surface area contributed by atoms with Gasteiger partial charge in [0.15, 0.2) is 0 Å². The Kier molecular flexibility index (Phi) is 6.31. The number of aryl methyl sites for hydroxylation is 1. The van der Waals surface area contributed by atoms with Crippen molar-refractivity contribution in [3.05, 3.63) is 59.8 Å². The molecule has 0 unspecified atom stereocenters. The number of nitrogens with one attached hydrogen (secondary N) is 1. The second-order valence-corrected chi connectivity index (χ2v) is 8.65. The molecule has 0 aliphatic carbocycles. The van der Waals surface area contributed by atoms with E-state index in [-0.39, 0.29) is 22.3 Å². The van der Waals surface area contributed by atoms with Gasteiger partial charge < -0.3 is 9.32 Å². The molecule has 0 saturated carbocycles. The van der Waals surface area contributed by atoms with Crippen molar-refractivity contribution >= 4 is 22.0 Å². The highest BCUT2D eigenvalue weighted by Gasteiger charge is 2.24. The van der Waals surface area contributed by atoms with Crippen LogP contribution in [0.5, 0.6) is 0 Å². The van der Waals surface area contributed by atoms with Crippen LogP contribution in [-0.2, 0) is 14.8 Å². The van der Waals surface area contributed by atoms with Gasteiger partial charge >= 0.3 is 0 Å². The highest BCUT2D eigenvalue weighted by molar-refractivity contribution is 7.89. The summed E-state index contributed by atoms with van der Waals surface area (Å²) in [7, 11) is -3.68. The van der Waals surface area contributed by atoms with Gasteiger partial charge in [-0.3, -0.25) is 4.79 Å². The lowest BCUT2D eigenvalue weighted by Gasteiger charge is -2.31. The number of carbonyl (C=O) groups is 1. The summed E-state index contributed by atoms with van der Waals surface area (Å²) < 4.78 is 45.9. The van der Waals surface area contributed by atoms with Gasteiger partial charge in [0, 0.05) is 25.7 Å². The molecule has 1 N–H and O–H groups in total. The molecule has 8 heteroatoms. The van der Waals surface area contributed by atoms with Crippen molar-refractivity contribution in [2.75, 3.05) is 19.6 Å². The Morgan fingerprint density at radius 2 is 2.07 bits per heavy atom. The van der Waals surface area contributed by atoms with Crippen molar-refractivity contribution in [3.8, 4) is 0 Å². The molecule has 2 heterocycles. The summed E-state index contributed by atoms with van der Waals surface area (Å²) in [6.07, 6.45) is 6.09. The summed E-state index contributed by atoms with van der Waals surface area (Å²) in [5, 5.41) is 0. The van der Waals surface area contributed by atoms with Crippen LogP contribution in [0.15, 0.2) is 52.0 Å². The van der Waals surface area contributed by atoms with Gasteiger partial charge in [0.25, 0.3) is 0 Å². The summed E-state index contributed by atoms with van der Waals surface area (Å²) >= 11 is 0. The number of benzene rings is 1. The molecule has 1 aliphatic rings. The number of amides is 1. The molecule has 0 bridgehead atoms. The van der Waals surface area contributed by atoms with Crippen LogP contribution in [0.1, 0.15) is 24.2 Å². The Labute approximate surface area is 164 Å². The zero-order valence-corrected chi connectivity index (χ0v) is 16.4. The smallest absolute Gasteiger partial charge is 0.246 e. The molecular weight excluding hydrogens is 383 g/mol. The first-order valence-corrected chi connectivity index (χ1v) is 10.6. The largest absolute Gasteiger partial charge is 0.465 e. The number of nitrogens with zero attached hydrogens (tertiary/aromatic N) is 1. The van der Waals surface area contributed by atoms with Crippen LogP contribution in [0.3, 0.4) is 0 Å². The number of piperidine rings is 1. The van der Waals surface area contributed by atoms with E-state index in [1.807, 2.05) is 0 Å². The molecule has 0 spiro atoms. The lowest BCUT2D eigenvalue weighted by Crippen LogP contribution is -2.40. The third-order valence-electron chi connectivity index (χ3n) is 4.86. The molecule has 2 aromatic rings. The van der Waals surface area contributed by atoms with E-state index in [0.717, 1.165) is 6.07 Å². The first-order valence-electron chi connectivity index (χ1n) is 9.11. The minimum absolute atomic E-state index is 0.0575. The number of rotatable bonds is 6. The maximum Gasteiger partial charge on any atom is 0.246 e. The first kappa shape index (κ1) is 20.3. The number of hydrogen-bond acceptors (Lipinski definition) is 4. The molecule has 1 fully saturated rings. The van der Waals surface area contributed by atoms with Crippen molar-refractivity contribution in [2.24, 2.45) is 5.92 Å². The van der Waals surface area contributed by atoms with Crippen molar-refractivity contribution in [1.82, 2.24) is 9.62 Å². The first-order chi connectivity index (χ1) is 13.3. The Hall–Kier alpha value is -2.45. The summed E-state index contributed by atoms with van der Waals surface area (Å²) in [5.41, 5.74) is 0.289. The van der Waals surface area contributed by atoms with Crippen LogP contribution >= 0.6 is 0 Å². The number of sulfonamides is 1. The zero-order chi connectivity index (χ0) is 20.1. The third kappa shape index (κ3) is 5.08. The van der Waals surface area contributed by atoms with Crippen LogP contribution in [-0.4, -0.2) is 38.9 Å². The minimum atomic E-state index is -3.68. The van der Waals surface area contributed by atoms with Gasteiger partial charge in [-0.05, 0) is 67.7 Å². The maximum absolute atomic E-state index is 13.3. The summed E-state index contributed by atoms with van der Waals surface area (Å²) in [6, 6.07) is 7.26. The lowest BCUT2D eigenvalue weighted by molar-refractivity contribution is -0.127. The predicted octanol–water partition coefficient (Wildman–Crippen LogP) is 2.96. The highest BCUT2D eigenvalue weighted by atomic mass is 32.2. The van der Waals surface area contributed by atoms with Crippen molar-refractivity contribution < 1.29 is 22.0 Å². The molecule has 1 saturated heterocycles. The number of hydrogen-bond donors (Lipinski definition) is 1. The molecule has 28 heavy (non-hydrogen) atoms. The number of likely N-dealkylation sites (tertiary alicyclic amines) is 1. The Bertz CT molecular complexity index is 947. The van der Waals surface area contributed by atoms with Gasteiger partial charge in [0.05, 0.1) is 11.2 Å².